The Hall–Kier alpha value is -3.36. The summed E-state index contributed by atoms with van der Waals surface area (Å²) in [5, 5.41) is 4.02. The van der Waals surface area contributed by atoms with Crippen molar-refractivity contribution in [1.82, 2.24) is 19.0 Å². The van der Waals surface area contributed by atoms with E-state index in [0.29, 0.717) is 34.9 Å². The minimum absolute atomic E-state index is 0.0127. The molecule has 1 fully saturated rings. The predicted octanol–water partition coefficient (Wildman–Crippen LogP) is 2.90. The van der Waals surface area contributed by atoms with Crippen LogP contribution < -0.4 is 16.6 Å². The first-order valence-corrected chi connectivity index (χ1v) is 11.6. The fourth-order valence-electron chi connectivity index (χ4n) is 4.69. The Balaban J connectivity index is 1.73. The number of fused-ring (bicyclic) bond motifs is 3. The van der Waals surface area contributed by atoms with Gasteiger partial charge in [0.2, 0.25) is 5.91 Å². The zero-order valence-corrected chi connectivity index (χ0v) is 19.8. The summed E-state index contributed by atoms with van der Waals surface area (Å²) in [6, 6.07) is 12.4. The molecule has 2 aromatic carbocycles. The fraction of sp³-hybridized carbons (Fsp3) is 0.320. The maximum absolute atomic E-state index is 13.7. The Morgan fingerprint density at radius 1 is 1.18 bits per heavy atom. The lowest BCUT2D eigenvalue weighted by atomic mass is 10.1. The zero-order chi connectivity index (χ0) is 24.0. The highest BCUT2D eigenvalue weighted by molar-refractivity contribution is 6.30. The molecule has 1 N–H and O–H groups in total. The zero-order valence-electron chi connectivity index (χ0n) is 19.0. The highest BCUT2D eigenvalue weighted by Crippen LogP contribution is 2.27. The maximum atomic E-state index is 13.7. The van der Waals surface area contributed by atoms with Crippen LogP contribution in [0.2, 0.25) is 5.02 Å². The van der Waals surface area contributed by atoms with Gasteiger partial charge in [-0.05, 0) is 50.1 Å². The van der Waals surface area contributed by atoms with Gasteiger partial charge in [-0.3, -0.25) is 14.2 Å². The SMILES string of the molecule is Cc1ccc2c(c1)c1c(c(=O)n(-c3cccc(Cl)c3)c(=O)n1CC(=O)NC[C@H]1CCCO1)n2C. The molecule has 1 aliphatic rings. The molecule has 0 saturated carbocycles. The monoisotopic (exact) mass is 480 g/mol. The number of hydrogen-bond acceptors (Lipinski definition) is 4. The van der Waals surface area contributed by atoms with Gasteiger partial charge in [0.15, 0.2) is 0 Å². The van der Waals surface area contributed by atoms with E-state index < -0.39 is 11.2 Å². The predicted molar refractivity (Wildman–Crippen MR) is 132 cm³/mol. The molecule has 0 unspecified atom stereocenters. The molecule has 1 aliphatic heterocycles. The quantitative estimate of drug-likeness (QED) is 0.476. The number of hydrogen-bond donors (Lipinski definition) is 1. The third kappa shape index (κ3) is 3.82. The summed E-state index contributed by atoms with van der Waals surface area (Å²) in [6.45, 7) is 2.80. The number of aryl methyl sites for hydroxylation is 2. The summed E-state index contributed by atoms with van der Waals surface area (Å²) in [6.07, 6.45) is 1.86. The Kier molecular flexibility index (Phi) is 5.79. The molecule has 0 aliphatic carbocycles. The van der Waals surface area contributed by atoms with E-state index in [1.807, 2.05) is 25.1 Å². The molecule has 0 spiro atoms. The van der Waals surface area contributed by atoms with Gasteiger partial charge in [-0.15, -0.1) is 0 Å². The first-order chi connectivity index (χ1) is 16.3. The second-order valence-corrected chi connectivity index (χ2v) is 9.14. The highest BCUT2D eigenvalue weighted by Gasteiger charge is 2.23. The first-order valence-electron chi connectivity index (χ1n) is 11.2. The van der Waals surface area contributed by atoms with Crippen LogP contribution in [0.15, 0.2) is 52.1 Å². The average Bonchev–Trinajstić information content (AvgIpc) is 3.42. The Labute approximate surface area is 200 Å². The van der Waals surface area contributed by atoms with Crippen molar-refractivity contribution in [2.24, 2.45) is 7.05 Å². The number of ether oxygens (including phenoxy) is 1. The van der Waals surface area contributed by atoms with E-state index in [1.165, 1.54) is 4.57 Å². The molecule has 1 atom stereocenters. The van der Waals surface area contributed by atoms with Gasteiger partial charge < -0.3 is 14.6 Å². The Morgan fingerprint density at radius 3 is 2.74 bits per heavy atom. The van der Waals surface area contributed by atoms with Crippen molar-refractivity contribution in [3.63, 3.8) is 0 Å². The van der Waals surface area contributed by atoms with Crippen molar-refractivity contribution in [3.05, 3.63) is 73.9 Å². The number of carbonyl (C=O) groups excluding carboxylic acids is 1. The molecule has 4 aromatic rings. The number of carbonyl (C=O) groups is 1. The first kappa shape index (κ1) is 22.4. The summed E-state index contributed by atoms with van der Waals surface area (Å²) in [5.41, 5.74) is 1.86. The Morgan fingerprint density at radius 2 is 2.00 bits per heavy atom. The van der Waals surface area contributed by atoms with E-state index >= 15 is 0 Å². The standard InChI is InChI=1S/C25H25ClN4O4/c1-15-8-9-20-19(11-15)22-23(28(20)2)24(32)30(17-6-3-5-16(26)12-17)25(33)29(22)14-21(31)27-13-18-7-4-10-34-18/h3,5-6,8-9,11-12,18H,4,7,10,13-14H2,1-2H3,(H,27,31)/t18-/m1/s1. The number of rotatable bonds is 5. The number of halogens is 1. The van der Waals surface area contributed by atoms with Gasteiger partial charge in [0.25, 0.3) is 5.56 Å². The van der Waals surface area contributed by atoms with Crippen LogP contribution in [0.4, 0.5) is 0 Å². The molecule has 0 radical (unpaired) electrons. The fourth-order valence-corrected chi connectivity index (χ4v) is 4.87. The summed E-state index contributed by atoms with van der Waals surface area (Å²) in [5.74, 6) is -0.320. The molecule has 1 saturated heterocycles. The van der Waals surface area contributed by atoms with Crippen molar-refractivity contribution >= 4 is 39.4 Å². The molecule has 5 rings (SSSR count). The average molecular weight is 481 g/mol. The van der Waals surface area contributed by atoms with Crippen LogP contribution in [0, 0.1) is 6.92 Å². The van der Waals surface area contributed by atoms with Gasteiger partial charge in [-0.1, -0.05) is 29.3 Å². The lowest BCUT2D eigenvalue weighted by molar-refractivity contribution is -0.122. The van der Waals surface area contributed by atoms with Gasteiger partial charge in [0, 0.05) is 30.6 Å². The van der Waals surface area contributed by atoms with Crippen LogP contribution >= 0.6 is 11.6 Å². The van der Waals surface area contributed by atoms with Crippen molar-refractivity contribution in [2.45, 2.75) is 32.4 Å². The van der Waals surface area contributed by atoms with E-state index in [1.54, 1.807) is 35.9 Å². The van der Waals surface area contributed by atoms with Gasteiger partial charge >= 0.3 is 5.69 Å². The molecule has 0 bridgehead atoms. The van der Waals surface area contributed by atoms with E-state index in [2.05, 4.69) is 5.32 Å². The molecular weight excluding hydrogens is 456 g/mol. The smallest absolute Gasteiger partial charge is 0.336 e. The van der Waals surface area contributed by atoms with Crippen molar-refractivity contribution in [3.8, 4) is 5.69 Å². The molecule has 9 heteroatoms. The summed E-state index contributed by atoms with van der Waals surface area (Å²) >= 11 is 6.15. The highest BCUT2D eigenvalue weighted by atomic mass is 35.5. The van der Waals surface area contributed by atoms with Crippen LogP contribution in [-0.4, -0.2) is 38.9 Å². The van der Waals surface area contributed by atoms with E-state index in [-0.39, 0.29) is 18.6 Å². The van der Waals surface area contributed by atoms with Crippen LogP contribution in [0.3, 0.4) is 0 Å². The molecule has 34 heavy (non-hydrogen) atoms. The minimum Gasteiger partial charge on any atom is -0.376 e. The normalized spacial score (nSPS) is 15.9. The minimum atomic E-state index is -0.596. The topological polar surface area (TPSA) is 87.3 Å². The van der Waals surface area contributed by atoms with E-state index in [9.17, 15) is 14.4 Å². The Bertz CT molecular complexity index is 1540. The van der Waals surface area contributed by atoms with Gasteiger partial charge in [-0.2, -0.15) is 0 Å². The van der Waals surface area contributed by atoms with E-state index in [4.69, 9.17) is 16.3 Å². The van der Waals surface area contributed by atoms with Crippen molar-refractivity contribution in [1.29, 1.82) is 0 Å². The van der Waals surface area contributed by atoms with Crippen LogP contribution in [0.25, 0.3) is 27.6 Å². The van der Waals surface area contributed by atoms with Crippen molar-refractivity contribution in [2.75, 3.05) is 13.2 Å². The summed E-state index contributed by atoms with van der Waals surface area (Å²) < 4.78 is 9.81. The van der Waals surface area contributed by atoms with Crippen LogP contribution in [0.5, 0.6) is 0 Å². The van der Waals surface area contributed by atoms with Gasteiger partial charge in [0.1, 0.15) is 12.1 Å². The number of nitrogens with zero attached hydrogens (tertiary/aromatic N) is 3. The molecule has 8 nitrogen and oxygen atoms in total. The third-order valence-corrected chi connectivity index (χ3v) is 6.58. The molecule has 176 valence electrons. The lowest BCUT2D eigenvalue weighted by Crippen LogP contribution is -2.43. The van der Waals surface area contributed by atoms with E-state index in [0.717, 1.165) is 33.9 Å². The second-order valence-electron chi connectivity index (χ2n) is 8.71. The summed E-state index contributed by atoms with van der Waals surface area (Å²) in [7, 11) is 1.79. The van der Waals surface area contributed by atoms with Crippen molar-refractivity contribution < 1.29 is 9.53 Å². The largest absolute Gasteiger partial charge is 0.376 e. The molecule has 2 aromatic heterocycles. The number of amides is 1. The van der Waals surface area contributed by atoms with Crippen LogP contribution in [0.1, 0.15) is 18.4 Å². The molecule has 1 amide bonds. The number of aromatic nitrogens is 3. The maximum Gasteiger partial charge on any atom is 0.336 e. The lowest BCUT2D eigenvalue weighted by Gasteiger charge is -2.15. The third-order valence-electron chi connectivity index (χ3n) is 6.35. The molecular formula is C25H25ClN4O4. The van der Waals surface area contributed by atoms with Gasteiger partial charge in [0.05, 0.1) is 22.8 Å². The van der Waals surface area contributed by atoms with Crippen LogP contribution in [-0.2, 0) is 23.1 Å². The molecule has 3 heterocycles. The number of nitrogens with one attached hydrogen (secondary N) is 1. The second kappa shape index (κ2) is 8.77. The summed E-state index contributed by atoms with van der Waals surface area (Å²) in [4.78, 5) is 40.3. The number of benzene rings is 2. The van der Waals surface area contributed by atoms with Gasteiger partial charge in [-0.25, -0.2) is 9.36 Å².